The number of sulfonamides is 1. The first-order valence-corrected chi connectivity index (χ1v) is 10.6. The third kappa shape index (κ3) is 4.67. The zero-order valence-electron chi connectivity index (χ0n) is 11.5. The summed E-state index contributed by atoms with van der Waals surface area (Å²) < 4.78 is 49.6. The van der Waals surface area contributed by atoms with Crippen LogP contribution in [0.4, 0.5) is 0 Å². The molecule has 0 spiro atoms. The Kier molecular flexibility index (Phi) is 5.29. The Hall–Kier alpha value is -0.630. The van der Waals surface area contributed by atoms with E-state index in [4.69, 9.17) is 11.6 Å². The molecule has 1 N–H and O–H groups in total. The topological polar surface area (TPSA) is 80.3 Å². The number of hydrogen-bond acceptors (Lipinski definition) is 4. The number of sulfone groups is 1. The van der Waals surface area contributed by atoms with Crippen molar-refractivity contribution in [2.45, 2.75) is 30.5 Å². The fraction of sp³-hybridized carbons (Fsp3) is 0.538. The number of nitrogens with one attached hydrogen (secondary N) is 1. The lowest BCUT2D eigenvalue weighted by molar-refractivity contribution is 0.542. The van der Waals surface area contributed by atoms with Crippen LogP contribution in [0.5, 0.6) is 0 Å². The van der Waals surface area contributed by atoms with Crippen LogP contribution in [-0.2, 0) is 32.3 Å². The summed E-state index contributed by atoms with van der Waals surface area (Å²) in [6, 6.07) is 7.37. The molecule has 1 aromatic rings. The summed E-state index contributed by atoms with van der Waals surface area (Å²) in [6.45, 7) is 0.191. The molecule has 1 aliphatic heterocycles. The van der Waals surface area contributed by atoms with E-state index in [2.05, 4.69) is 4.72 Å². The highest BCUT2D eigenvalue weighted by atomic mass is 35.5. The molecule has 1 heterocycles. The lowest BCUT2D eigenvalue weighted by Crippen LogP contribution is -2.39. The minimum absolute atomic E-state index is 0.0552. The van der Waals surface area contributed by atoms with Crippen molar-refractivity contribution in [2.75, 3.05) is 11.5 Å². The third-order valence-electron chi connectivity index (χ3n) is 3.56. The zero-order chi connectivity index (χ0) is 15.5. The zero-order valence-corrected chi connectivity index (χ0v) is 13.8. The smallest absolute Gasteiger partial charge is 0.214 e. The van der Waals surface area contributed by atoms with Crippen LogP contribution in [0.1, 0.15) is 24.0 Å². The minimum Gasteiger partial charge on any atom is -0.229 e. The van der Waals surface area contributed by atoms with Gasteiger partial charge in [-0.2, -0.15) is 0 Å². The first-order valence-electron chi connectivity index (χ1n) is 6.65. The standard InChI is InChI=1S/C13H18ClNO4S2/c14-9-11-2-1-3-12(8-11)10-15-21(18,19)13-4-6-20(16,17)7-5-13/h1-3,8,13,15H,4-7,9-10H2. The molecule has 1 saturated heterocycles. The molecule has 1 fully saturated rings. The first-order chi connectivity index (χ1) is 9.82. The molecule has 2 rings (SSSR count). The number of rotatable bonds is 5. The summed E-state index contributed by atoms with van der Waals surface area (Å²) in [4.78, 5) is 0. The number of halogens is 1. The largest absolute Gasteiger partial charge is 0.229 e. The molecule has 0 aliphatic carbocycles. The average Bonchev–Trinajstić information content (AvgIpc) is 2.45. The molecule has 0 radical (unpaired) electrons. The SMILES string of the molecule is O=S1(=O)CCC(S(=O)(=O)NCc2cccc(CCl)c2)CC1. The lowest BCUT2D eigenvalue weighted by Gasteiger charge is -2.22. The maximum atomic E-state index is 12.2. The molecule has 0 amide bonds. The highest BCUT2D eigenvalue weighted by Gasteiger charge is 2.32. The van der Waals surface area contributed by atoms with E-state index in [9.17, 15) is 16.8 Å². The van der Waals surface area contributed by atoms with Crippen LogP contribution < -0.4 is 4.72 Å². The molecule has 1 aliphatic rings. The Morgan fingerprint density at radius 2 is 1.81 bits per heavy atom. The van der Waals surface area contributed by atoms with Crippen LogP contribution in [-0.4, -0.2) is 33.6 Å². The predicted octanol–water partition coefficient (Wildman–Crippen LogP) is 1.42. The summed E-state index contributed by atoms with van der Waals surface area (Å²) in [6.07, 6.45) is 0.332. The van der Waals surface area contributed by atoms with Gasteiger partial charge in [-0.05, 0) is 24.0 Å². The summed E-state index contributed by atoms with van der Waals surface area (Å²) >= 11 is 5.74. The van der Waals surface area contributed by atoms with Crippen LogP contribution >= 0.6 is 11.6 Å². The maximum Gasteiger partial charge on any atom is 0.214 e. The van der Waals surface area contributed by atoms with Crippen molar-refractivity contribution >= 4 is 31.5 Å². The van der Waals surface area contributed by atoms with E-state index in [1.54, 1.807) is 0 Å². The highest BCUT2D eigenvalue weighted by Crippen LogP contribution is 2.19. The molecule has 5 nitrogen and oxygen atoms in total. The van der Waals surface area contributed by atoms with Gasteiger partial charge in [0, 0.05) is 12.4 Å². The Labute approximate surface area is 130 Å². The van der Waals surface area contributed by atoms with Crippen LogP contribution in [0.2, 0.25) is 0 Å². The third-order valence-corrected chi connectivity index (χ3v) is 7.48. The molecule has 118 valence electrons. The van der Waals surface area contributed by atoms with Gasteiger partial charge in [0.05, 0.1) is 16.8 Å². The van der Waals surface area contributed by atoms with Gasteiger partial charge in [-0.1, -0.05) is 24.3 Å². The van der Waals surface area contributed by atoms with Gasteiger partial charge in [-0.3, -0.25) is 0 Å². The van der Waals surface area contributed by atoms with Gasteiger partial charge in [0.1, 0.15) is 9.84 Å². The fourth-order valence-corrected chi connectivity index (χ4v) is 5.72. The predicted molar refractivity (Wildman–Crippen MR) is 83.4 cm³/mol. The van der Waals surface area contributed by atoms with Crippen LogP contribution in [0.15, 0.2) is 24.3 Å². The summed E-state index contributed by atoms with van der Waals surface area (Å²) in [7, 11) is -6.56. The molecular formula is C13H18ClNO4S2. The van der Waals surface area contributed by atoms with E-state index in [1.807, 2.05) is 24.3 Å². The van der Waals surface area contributed by atoms with Crippen molar-refractivity contribution in [1.82, 2.24) is 4.72 Å². The van der Waals surface area contributed by atoms with E-state index in [0.717, 1.165) is 11.1 Å². The van der Waals surface area contributed by atoms with Crippen molar-refractivity contribution in [3.63, 3.8) is 0 Å². The van der Waals surface area contributed by atoms with Crippen molar-refractivity contribution < 1.29 is 16.8 Å². The molecule has 0 aromatic heterocycles. The Balaban J connectivity index is 1.98. The summed E-state index contributed by atoms with van der Waals surface area (Å²) in [5.41, 5.74) is 1.76. The maximum absolute atomic E-state index is 12.2. The van der Waals surface area contributed by atoms with Crippen LogP contribution in [0.3, 0.4) is 0 Å². The van der Waals surface area contributed by atoms with Crippen molar-refractivity contribution in [3.05, 3.63) is 35.4 Å². The highest BCUT2D eigenvalue weighted by molar-refractivity contribution is 7.92. The Bertz CT molecular complexity index is 687. The van der Waals surface area contributed by atoms with E-state index < -0.39 is 25.1 Å². The Morgan fingerprint density at radius 3 is 2.43 bits per heavy atom. The van der Waals surface area contributed by atoms with Crippen molar-refractivity contribution in [2.24, 2.45) is 0 Å². The van der Waals surface area contributed by atoms with E-state index in [0.29, 0.717) is 5.88 Å². The van der Waals surface area contributed by atoms with Crippen LogP contribution in [0, 0.1) is 0 Å². The molecule has 0 bridgehead atoms. The molecule has 0 atom stereocenters. The van der Waals surface area contributed by atoms with Gasteiger partial charge < -0.3 is 0 Å². The number of hydrogen-bond donors (Lipinski definition) is 1. The number of alkyl halides is 1. The lowest BCUT2D eigenvalue weighted by atomic mass is 10.1. The Morgan fingerprint density at radius 1 is 1.19 bits per heavy atom. The van der Waals surface area contributed by atoms with Gasteiger partial charge in [0.2, 0.25) is 10.0 Å². The van der Waals surface area contributed by atoms with Gasteiger partial charge in [0.15, 0.2) is 0 Å². The van der Waals surface area contributed by atoms with Crippen LogP contribution in [0.25, 0.3) is 0 Å². The van der Waals surface area contributed by atoms with E-state index >= 15 is 0 Å². The van der Waals surface area contributed by atoms with Crippen molar-refractivity contribution in [1.29, 1.82) is 0 Å². The van der Waals surface area contributed by atoms with Gasteiger partial charge >= 0.3 is 0 Å². The minimum atomic E-state index is -3.50. The van der Waals surface area contributed by atoms with Gasteiger partial charge in [-0.15, -0.1) is 11.6 Å². The second-order valence-corrected chi connectivity index (χ2v) is 9.79. The molecule has 0 unspecified atom stereocenters. The van der Waals surface area contributed by atoms with Gasteiger partial charge in [-0.25, -0.2) is 21.6 Å². The first kappa shape index (κ1) is 16.7. The summed E-state index contributed by atoms with van der Waals surface area (Å²) in [5.74, 6) is 0.266. The second kappa shape index (κ2) is 6.64. The normalized spacial score (nSPS) is 19.5. The van der Waals surface area contributed by atoms with E-state index in [1.165, 1.54) is 0 Å². The van der Waals surface area contributed by atoms with Crippen molar-refractivity contribution in [3.8, 4) is 0 Å². The number of benzene rings is 1. The van der Waals surface area contributed by atoms with Gasteiger partial charge in [0.25, 0.3) is 0 Å². The summed E-state index contributed by atoms with van der Waals surface area (Å²) in [5, 5.41) is -0.628. The second-order valence-electron chi connectivity index (χ2n) is 5.17. The molecule has 21 heavy (non-hydrogen) atoms. The monoisotopic (exact) mass is 351 g/mol. The van der Waals surface area contributed by atoms with E-state index in [-0.39, 0.29) is 30.9 Å². The molecule has 1 aromatic carbocycles. The quantitative estimate of drug-likeness (QED) is 0.813. The molecule has 0 saturated carbocycles. The molecule has 8 heteroatoms. The average molecular weight is 352 g/mol. The fourth-order valence-electron chi connectivity index (χ4n) is 2.30. The molecular weight excluding hydrogens is 334 g/mol.